The van der Waals surface area contributed by atoms with Crippen LogP contribution in [0, 0.1) is 13.8 Å². The molecular weight excluding hydrogens is 562 g/mol. The van der Waals surface area contributed by atoms with E-state index >= 15 is 0 Å². The summed E-state index contributed by atoms with van der Waals surface area (Å²) in [5.41, 5.74) is 2.27. The number of aryl methyl sites for hydroxylation is 1. The second kappa shape index (κ2) is 12.0. The molecule has 1 amide bonds. The Balaban J connectivity index is 1.34. The van der Waals surface area contributed by atoms with Crippen LogP contribution in [0.3, 0.4) is 0 Å². The predicted molar refractivity (Wildman–Crippen MR) is 150 cm³/mol. The minimum absolute atomic E-state index is 0.0112. The number of nitrogens with one attached hydrogen (secondary N) is 2. The third-order valence-electron chi connectivity index (χ3n) is 6.51. The van der Waals surface area contributed by atoms with Gasteiger partial charge in [0.05, 0.1) is 22.2 Å². The molecule has 9 nitrogen and oxygen atoms in total. The predicted octanol–water partition coefficient (Wildman–Crippen LogP) is 4.35. The van der Waals surface area contributed by atoms with Crippen molar-refractivity contribution in [3.05, 3.63) is 82.4 Å². The first-order chi connectivity index (χ1) is 18.5. The summed E-state index contributed by atoms with van der Waals surface area (Å²) in [4.78, 5) is 12.7. The topological polar surface area (TPSA) is 122 Å². The zero-order valence-corrected chi connectivity index (χ0v) is 24.0. The first-order valence-corrected chi connectivity index (χ1v) is 15.7. The highest BCUT2D eigenvalue weighted by Crippen LogP contribution is 2.27. The smallest absolute Gasteiger partial charge is 0.263 e. The van der Waals surface area contributed by atoms with Crippen molar-refractivity contribution in [2.75, 3.05) is 31.0 Å². The van der Waals surface area contributed by atoms with Gasteiger partial charge in [0.2, 0.25) is 10.0 Å². The summed E-state index contributed by atoms with van der Waals surface area (Å²) in [6, 6.07) is 15.5. The van der Waals surface area contributed by atoms with Crippen molar-refractivity contribution in [3.63, 3.8) is 0 Å². The van der Waals surface area contributed by atoms with E-state index in [1.165, 1.54) is 34.6 Å². The number of hydrogen-bond acceptors (Lipinski definition) is 6. The van der Waals surface area contributed by atoms with Crippen molar-refractivity contribution >= 4 is 43.2 Å². The van der Waals surface area contributed by atoms with E-state index in [0.29, 0.717) is 24.5 Å². The molecule has 3 aromatic rings. The van der Waals surface area contributed by atoms with Gasteiger partial charge in [-0.05, 0) is 86.3 Å². The lowest BCUT2D eigenvalue weighted by Crippen LogP contribution is -2.28. The molecule has 0 aliphatic carbocycles. The van der Waals surface area contributed by atoms with E-state index in [0.717, 1.165) is 24.0 Å². The van der Waals surface area contributed by atoms with Gasteiger partial charge in [-0.15, -0.1) is 0 Å². The lowest BCUT2D eigenvalue weighted by Gasteiger charge is -2.15. The molecule has 1 saturated heterocycles. The van der Waals surface area contributed by atoms with E-state index in [-0.39, 0.29) is 33.5 Å². The van der Waals surface area contributed by atoms with Crippen LogP contribution in [0.1, 0.15) is 34.3 Å². The molecule has 0 radical (unpaired) electrons. The van der Waals surface area contributed by atoms with Crippen LogP contribution in [-0.4, -0.2) is 53.3 Å². The molecule has 0 atom stereocenters. The fourth-order valence-electron chi connectivity index (χ4n) is 4.13. The number of carbonyl (C=O) groups excluding carboxylic acids is 1. The Morgan fingerprint density at radius 2 is 1.67 bits per heavy atom. The lowest BCUT2D eigenvalue weighted by molar-refractivity contribution is 0.0946. The number of amides is 1. The van der Waals surface area contributed by atoms with Crippen molar-refractivity contribution in [1.82, 2.24) is 9.62 Å². The highest BCUT2D eigenvalue weighted by molar-refractivity contribution is 7.92. The zero-order chi connectivity index (χ0) is 28.2. The first-order valence-electron chi connectivity index (χ1n) is 12.4. The summed E-state index contributed by atoms with van der Waals surface area (Å²) >= 11 is 6.18. The third-order valence-corrected chi connectivity index (χ3v) is 10.3. The van der Waals surface area contributed by atoms with E-state index < -0.39 is 26.0 Å². The van der Waals surface area contributed by atoms with Gasteiger partial charge in [-0.2, -0.15) is 4.31 Å². The second-order valence-electron chi connectivity index (χ2n) is 9.19. The standard InChI is InChI=1S/C27H30ClN3O6S2/c1-19-6-5-7-25(20(19)2)30-38(33,34)26-18-21(8-13-24(26)28)27(32)29-14-17-37-22-9-11-23(12-10-22)39(35,36)31-15-3-4-16-31/h5-13,18,30H,3-4,14-17H2,1-2H3,(H,29,32). The SMILES string of the molecule is Cc1cccc(NS(=O)(=O)c2cc(C(=O)NCCOc3ccc(S(=O)(=O)N4CCCC4)cc3)ccc2Cl)c1C. The number of sulfonamides is 2. The van der Waals surface area contributed by atoms with Crippen LogP contribution in [0.15, 0.2) is 70.5 Å². The maximum Gasteiger partial charge on any atom is 0.263 e. The average Bonchev–Trinajstić information content (AvgIpc) is 3.46. The fraction of sp³-hybridized carbons (Fsp3) is 0.296. The Hall–Kier alpha value is -3.12. The normalized spacial score (nSPS) is 14.2. The number of rotatable bonds is 10. The quantitative estimate of drug-likeness (QED) is 0.338. The average molecular weight is 592 g/mol. The number of hydrogen-bond donors (Lipinski definition) is 2. The molecule has 3 aromatic carbocycles. The van der Waals surface area contributed by atoms with Gasteiger partial charge in [-0.1, -0.05) is 23.7 Å². The summed E-state index contributed by atoms with van der Waals surface area (Å²) in [6.45, 7) is 5.01. The van der Waals surface area contributed by atoms with Crippen LogP contribution in [0.5, 0.6) is 5.75 Å². The van der Waals surface area contributed by atoms with Gasteiger partial charge in [0.25, 0.3) is 15.9 Å². The van der Waals surface area contributed by atoms with Crippen LogP contribution in [0.4, 0.5) is 5.69 Å². The van der Waals surface area contributed by atoms with E-state index in [9.17, 15) is 21.6 Å². The van der Waals surface area contributed by atoms with Crippen molar-refractivity contribution in [2.24, 2.45) is 0 Å². The molecular formula is C27H30ClN3O6S2. The molecule has 4 rings (SSSR count). The van der Waals surface area contributed by atoms with Gasteiger partial charge in [-0.3, -0.25) is 9.52 Å². The van der Waals surface area contributed by atoms with Gasteiger partial charge < -0.3 is 10.1 Å². The van der Waals surface area contributed by atoms with Crippen molar-refractivity contribution in [1.29, 1.82) is 0 Å². The van der Waals surface area contributed by atoms with Gasteiger partial charge in [0.1, 0.15) is 17.3 Å². The van der Waals surface area contributed by atoms with Gasteiger partial charge in [0.15, 0.2) is 0 Å². The van der Waals surface area contributed by atoms with Gasteiger partial charge in [-0.25, -0.2) is 16.8 Å². The number of ether oxygens (including phenoxy) is 1. The molecule has 0 spiro atoms. The van der Waals surface area contributed by atoms with Crippen LogP contribution in [0.25, 0.3) is 0 Å². The molecule has 1 aliphatic heterocycles. The molecule has 0 unspecified atom stereocenters. The summed E-state index contributed by atoms with van der Waals surface area (Å²) in [6.07, 6.45) is 1.73. The number of halogens is 1. The van der Waals surface area contributed by atoms with Crippen molar-refractivity contribution < 1.29 is 26.4 Å². The fourth-order valence-corrected chi connectivity index (χ4v) is 7.30. The zero-order valence-electron chi connectivity index (χ0n) is 21.6. The Morgan fingerprint density at radius 1 is 0.974 bits per heavy atom. The van der Waals surface area contributed by atoms with Gasteiger partial charge >= 0.3 is 0 Å². The van der Waals surface area contributed by atoms with E-state index in [2.05, 4.69) is 10.0 Å². The number of carbonyl (C=O) groups is 1. The minimum atomic E-state index is -4.05. The minimum Gasteiger partial charge on any atom is -0.492 e. The molecule has 1 fully saturated rings. The Morgan fingerprint density at radius 3 is 2.36 bits per heavy atom. The molecule has 0 aromatic heterocycles. The number of anilines is 1. The molecule has 208 valence electrons. The van der Waals surface area contributed by atoms with Crippen LogP contribution in [-0.2, 0) is 20.0 Å². The molecule has 1 heterocycles. The Labute approximate surface area is 234 Å². The number of nitrogens with zero attached hydrogens (tertiary/aromatic N) is 1. The Bertz CT molecular complexity index is 1570. The summed E-state index contributed by atoms with van der Waals surface area (Å²) < 4.78 is 61.0. The largest absolute Gasteiger partial charge is 0.492 e. The van der Waals surface area contributed by atoms with E-state index in [1.54, 1.807) is 24.3 Å². The monoisotopic (exact) mass is 591 g/mol. The van der Waals surface area contributed by atoms with Crippen LogP contribution < -0.4 is 14.8 Å². The molecule has 2 N–H and O–H groups in total. The van der Waals surface area contributed by atoms with Crippen molar-refractivity contribution in [3.8, 4) is 5.75 Å². The first kappa shape index (κ1) is 28.9. The second-order valence-corrected chi connectivity index (χ2v) is 13.2. The van der Waals surface area contributed by atoms with Crippen LogP contribution >= 0.6 is 11.6 Å². The highest BCUT2D eigenvalue weighted by Gasteiger charge is 2.27. The van der Waals surface area contributed by atoms with E-state index in [4.69, 9.17) is 16.3 Å². The highest BCUT2D eigenvalue weighted by atomic mass is 35.5. The van der Waals surface area contributed by atoms with Gasteiger partial charge in [0, 0.05) is 18.7 Å². The molecule has 0 bridgehead atoms. The van der Waals surface area contributed by atoms with E-state index in [1.807, 2.05) is 19.9 Å². The number of benzene rings is 3. The summed E-state index contributed by atoms with van der Waals surface area (Å²) in [5, 5.41) is 2.67. The third kappa shape index (κ3) is 6.73. The summed E-state index contributed by atoms with van der Waals surface area (Å²) in [5.74, 6) is -0.0347. The Kier molecular flexibility index (Phi) is 8.85. The molecule has 1 aliphatic rings. The molecule has 0 saturated carbocycles. The van der Waals surface area contributed by atoms with Crippen molar-refractivity contribution in [2.45, 2.75) is 36.5 Å². The molecule has 12 heteroatoms. The van der Waals surface area contributed by atoms with Crippen LogP contribution in [0.2, 0.25) is 5.02 Å². The lowest BCUT2D eigenvalue weighted by atomic mass is 10.1. The maximum atomic E-state index is 13.1. The molecule has 39 heavy (non-hydrogen) atoms. The maximum absolute atomic E-state index is 13.1. The summed E-state index contributed by atoms with van der Waals surface area (Å²) in [7, 11) is -7.55.